The molecule has 2 heterocycles. The first-order valence-corrected chi connectivity index (χ1v) is 22.1. The van der Waals surface area contributed by atoms with Crippen molar-refractivity contribution < 1.29 is 33.1 Å². The minimum atomic E-state index is -1.46. The second kappa shape index (κ2) is 12.9. The van der Waals surface area contributed by atoms with E-state index in [0.29, 0.717) is 0 Å². The van der Waals surface area contributed by atoms with Gasteiger partial charge in [-0.15, -0.1) is 0 Å². The van der Waals surface area contributed by atoms with Crippen LogP contribution in [0.4, 0.5) is 0 Å². The standard InChI is InChI=1S/2C12H20NSi.2CH3O.Hf/c2*1-11-6-7-12(10-11)14(2,3)13-8-4-5-9-13;2*1-2;/h2*6H,4-5,7-9H2,1-3H3;2*1H3;/q;;2*-1;+2. The Morgan fingerprint density at radius 2 is 0.939 bits per heavy atom. The molecule has 0 radical (unpaired) electrons. The fraction of sp³-hybridized carbons (Fsp3) is 0.692. The van der Waals surface area contributed by atoms with Gasteiger partial charge in [0.1, 0.15) is 0 Å². The summed E-state index contributed by atoms with van der Waals surface area (Å²) in [4.78, 5) is 0. The molecule has 4 rings (SSSR count). The molecule has 2 aliphatic carbocycles. The van der Waals surface area contributed by atoms with E-state index in [1.165, 1.54) is 64.7 Å². The van der Waals surface area contributed by atoms with Gasteiger partial charge in [-0.2, -0.15) is 14.2 Å². The van der Waals surface area contributed by atoms with Crippen molar-refractivity contribution in [3.8, 4) is 0 Å². The maximum Gasteiger partial charge on any atom is -0.153 e. The Balaban J connectivity index is 0.000000914. The first kappa shape index (κ1) is 29.3. The average molecular weight is 653 g/mol. The van der Waals surface area contributed by atoms with Gasteiger partial charge >= 0.3 is 194 Å². The maximum atomic E-state index is 8.25. The molecule has 0 aromatic carbocycles. The van der Waals surface area contributed by atoms with Gasteiger partial charge in [-0.25, -0.2) is 0 Å². The van der Waals surface area contributed by atoms with Gasteiger partial charge in [0, 0.05) is 0 Å². The Bertz CT molecular complexity index is 737. The summed E-state index contributed by atoms with van der Waals surface area (Å²) in [6.45, 7) is 20.9. The van der Waals surface area contributed by atoms with Crippen LogP contribution in [0.25, 0.3) is 0 Å². The van der Waals surface area contributed by atoms with E-state index in [4.69, 9.17) is 10.2 Å². The molecule has 0 N–H and O–H groups in total. The number of hydrogen-bond acceptors (Lipinski definition) is 4. The summed E-state index contributed by atoms with van der Waals surface area (Å²) < 4.78 is 9.66. The summed E-state index contributed by atoms with van der Waals surface area (Å²) in [5, 5.41) is 20.3. The Hall–Kier alpha value is 0.104. The van der Waals surface area contributed by atoms with Crippen molar-refractivity contribution in [2.45, 2.75) is 78.6 Å². The largest absolute Gasteiger partial charge is 0.857 e. The van der Waals surface area contributed by atoms with E-state index in [2.05, 4.69) is 61.3 Å². The van der Waals surface area contributed by atoms with Gasteiger partial charge in [0.2, 0.25) is 0 Å². The van der Waals surface area contributed by atoms with Crippen molar-refractivity contribution in [1.82, 2.24) is 9.13 Å². The van der Waals surface area contributed by atoms with Gasteiger partial charge in [0.15, 0.2) is 0 Å². The quantitative estimate of drug-likeness (QED) is 0.409. The van der Waals surface area contributed by atoms with E-state index in [1.807, 2.05) is 17.1 Å². The molecule has 7 heteroatoms. The van der Waals surface area contributed by atoms with Crippen molar-refractivity contribution in [2.75, 3.05) is 40.4 Å². The van der Waals surface area contributed by atoms with Crippen LogP contribution in [0.1, 0.15) is 52.4 Å². The molecular weight excluding hydrogens is 607 g/mol. The smallest absolute Gasteiger partial charge is 0.153 e. The molecule has 2 saturated heterocycles. The Morgan fingerprint density at radius 3 is 1.24 bits per heavy atom. The minimum absolute atomic E-state index is 0.750. The zero-order valence-corrected chi connectivity index (χ0v) is 28.0. The number of nitrogens with zero attached hydrogens (tertiary/aromatic N) is 2. The molecule has 184 valence electrons. The van der Waals surface area contributed by atoms with Crippen LogP contribution in [0.5, 0.6) is 0 Å². The Labute approximate surface area is 217 Å². The molecule has 4 nitrogen and oxygen atoms in total. The topological polar surface area (TPSA) is 52.6 Å². The SMILES string of the molecule is CC1=CCC([Si](C)(C)N2CCCC2)=[C]1[Hf+2][C]1=C([Si](C)(C)N2CCCC2)CC=C1C.C[O-].C[O-]. The molecule has 33 heavy (non-hydrogen) atoms. The molecule has 0 aromatic rings. The number of hydrogen-bond donors (Lipinski definition) is 0. The molecule has 0 atom stereocenters. The predicted molar refractivity (Wildman–Crippen MR) is 139 cm³/mol. The van der Waals surface area contributed by atoms with Crippen molar-refractivity contribution in [2.24, 2.45) is 0 Å². The van der Waals surface area contributed by atoms with Gasteiger partial charge < -0.3 is 10.2 Å². The van der Waals surface area contributed by atoms with E-state index in [1.54, 1.807) is 11.1 Å². The van der Waals surface area contributed by atoms with E-state index in [-0.39, 0.29) is 0 Å². The van der Waals surface area contributed by atoms with Gasteiger partial charge in [-0.1, -0.05) is 0 Å². The molecule has 0 unspecified atom stereocenters. The summed E-state index contributed by atoms with van der Waals surface area (Å²) in [5.41, 5.74) is 3.32. The first-order chi connectivity index (χ1) is 15.7. The van der Waals surface area contributed by atoms with Crippen molar-refractivity contribution in [3.63, 3.8) is 0 Å². The average Bonchev–Trinajstić information content (AvgIpc) is 3.61. The zero-order valence-electron chi connectivity index (χ0n) is 22.4. The monoisotopic (exact) mass is 654 g/mol. The molecule has 0 aromatic heterocycles. The molecule has 0 bridgehead atoms. The third kappa shape index (κ3) is 6.27. The predicted octanol–water partition coefficient (Wildman–Crippen LogP) is 3.91. The van der Waals surface area contributed by atoms with Crippen LogP contribution in [-0.4, -0.2) is 66.0 Å². The van der Waals surface area contributed by atoms with Crippen molar-refractivity contribution in [1.29, 1.82) is 0 Å². The van der Waals surface area contributed by atoms with E-state index in [0.717, 1.165) is 14.2 Å². The van der Waals surface area contributed by atoms with E-state index >= 15 is 0 Å². The molecule has 2 fully saturated rings. The van der Waals surface area contributed by atoms with Crippen LogP contribution in [0, 0.1) is 0 Å². The number of rotatable bonds is 6. The fourth-order valence-electron chi connectivity index (χ4n) is 5.91. The van der Waals surface area contributed by atoms with Crippen molar-refractivity contribution in [3.05, 3.63) is 40.4 Å². The van der Waals surface area contributed by atoms with Crippen LogP contribution < -0.4 is 10.2 Å². The summed E-state index contributed by atoms with van der Waals surface area (Å²) >= 11 is -1.04. The van der Waals surface area contributed by atoms with Crippen LogP contribution in [-0.2, 0) is 22.9 Å². The molecular formula is C26H46HfN2O2Si2. The second-order valence-corrected chi connectivity index (χ2v) is 23.7. The van der Waals surface area contributed by atoms with Crippen LogP contribution >= 0.6 is 0 Å². The summed E-state index contributed by atoms with van der Waals surface area (Å²) in [6, 6.07) is 0. The normalized spacial score (nSPS) is 22.0. The van der Waals surface area contributed by atoms with E-state index < -0.39 is 39.4 Å². The van der Waals surface area contributed by atoms with Gasteiger partial charge in [0.25, 0.3) is 0 Å². The van der Waals surface area contributed by atoms with Crippen LogP contribution in [0.3, 0.4) is 0 Å². The molecule has 0 spiro atoms. The van der Waals surface area contributed by atoms with Gasteiger partial charge in [-0.3, -0.25) is 0 Å². The van der Waals surface area contributed by atoms with Crippen LogP contribution in [0.2, 0.25) is 26.2 Å². The molecule has 2 aliphatic heterocycles. The third-order valence-electron chi connectivity index (χ3n) is 8.14. The first-order valence-electron chi connectivity index (χ1n) is 12.6. The van der Waals surface area contributed by atoms with E-state index in [9.17, 15) is 0 Å². The molecule has 4 aliphatic rings. The summed E-state index contributed by atoms with van der Waals surface area (Å²) in [6.07, 6.45) is 13.4. The summed E-state index contributed by atoms with van der Waals surface area (Å²) in [7, 11) is -1.42. The molecule has 0 saturated carbocycles. The Kier molecular flexibility index (Phi) is 11.5. The van der Waals surface area contributed by atoms with Gasteiger partial charge in [-0.05, 0) is 0 Å². The van der Waals surface area contributed by atoms with Crippen molar-refractivity contribution >= 4 is 16.5 Å². The second-order valence-electron chi connectivity index (χ2n) is 10.5. The van der Waals surface area contributed by atoms with Crippen LogP contribution in [0.15, 0.2) is 40.4 Å². The maximum absolute atomic E-state index is 8.25. The zero-order chi connectivity index (χ0) is 24.8. The fourth-order valence-corrected chi connectivity index (χ4v) is 24.8. The minimum Gasteiger partial charge on any atom is -0.857 e. The van der Waals surface area contributed by atoms with Gasteiger partial charge in [0.05, 0.1) is 0 Å². The number of allylic oxidation sites excluding steroid dienone is 8. The Morgan fingerprint density at radius 1 is 0.636 bits per heavy atom. The third-order valence-corrected chi connectivity index (χ3v) is 24.7. The molecule has 0 amide bonds. The summed E-state index contributed by atoms with van der Waals surface area (Å²) in [5.74, 6) is 0.